The molecule has 2 heterocycles. The van der Waals surface area contributed by atoms with Crippen molar-refractivity contribution in [2.24, 2.45) is 0 Å². The monoisotopic (exact) mass is 282 g/mol. The molecule has 0 radical (unpaired) electrons. The number of fused-ring (bicyclic) bond motifs is 2. The Kier molecular flexibility index (Phi) is 3.91. The van der Waals surface area contributed by atoms with Crippen molar-refractivity contribution in [1.29, 1.82) is 0 Å². The SMILES string of the molecule is CCCC(=O)N1CCc2nc3ccccc3c(C)c2CC1. The summed E-state index contributed by atoms with van der Waals surface area (Å²) >= 11 is 0. The fourth-order valence-electron chi connectivity index (χ4n) is 3.24. The highest BCUT2D eigenvalue weighted by atomic mass is 16.2. The predicted octanol–water partition coefficient (Wildman–Crippen LogP) is 3.27. The molecule has 0 N–H and O–H groups in total. The molecule has 0 aliphatic carbocycles. The third-order valence-corrected chi connectivity index (χ3v) is 4.43. The van der Waals surface area contributed by atoms with Crippen molar-refractivity contribution in [3.8, 4) is 0 Å². The quantitative estimate of drug-likeness (QED) is 0.847. The maximum atomic E-state index is 12.1. The van der Waals surface area contributed by atoms with Crippen molar-refractivity contribution < 1.29 is 4.79 Å². The van der Waals surface area contributed by atoms with E-state index in [0.29, 0.717) is 6.42 Å². The number of para-hydroxylation sites is 1. The van der Waals surface area contributed by atoms with Gasteiger partial charge in [0.05, 0.1) is 5.52 Å². The van der Waals surface area contributed by atoms with E-state index in [1.165, 1.54) is 22.2 Å². The van der Waals surface area contributed by atoms with E-state index in [0.717, 1.165) is 37.9 Å². The highest BCUT2D eigenvalue weighted by Gasteiger charge is 2.20. The molecule has 0 bridgehead atoms. The summed E-state index contributed by atoms with van der Waals surface area (Å²) in [5.41, 5.74) is 4.93. The number of pyridine rings is 1. The van der Waals surface area contributed by atoms with Gasteiger partial charge in [-0.2, -0.15) is 0 Å². The van der Waals surface area contributed by atoms with Gasteiger partial charge in [-0.15, -0.1) is 0 Å². The zero-order chi connectivity index (χ0) is 14.8. The molecule has 0 saturated heterocycles. The number of carbonyl (C=O) groups excluding carboxylic acids is 1. The topological polar surface area (TPSA) is 33.2 Å². The Morgan fingerprint density at radius 1 is 1.24 bits per heavy atom. The van der Waals surface area contributed by atoms with Gasteiger partial charge < -0.3 is 4.90 Å². The zero-order valence-electron chi connectivity index (χ0n) is 12.9. The number of hydrogen-bond donors (Lipinski definition) is 0. The van der Waals surface area contributed by atoms with Crippen LogP contribution in [0.15, 0.2) is 24.3 Å². The fourth-order valence-corrected chi connectivity index (χ4v) is 3.24. The number of carbonyl (C=O) groups is 1. The molecule has 0 saturated carbocycles. The minimum atomic E-state index is 0.285. The predicted molar refractivity (Wildman–Crippen MR) is 85.4 cm³/mol. The second-order valence-electron chi connectivity index (χ2n) is 5.81. The van der Waals surface area contributed by atoms with Crippen molar-refractivity contribution in [1.82, 2.24) is 9.88 Å². The van der Waals surface area contributed by atoms with E-state index in [4.69, 9.17) is 4.98 Å². The summed E-state index contributed by atoms with van der Waals surface area (Å²) in [4.78, 5) is 19.0. The number of aromatic nitrogens is 1. The van der Waals surface area contributed by atoms with Crippen LogP contribution in [0.3, 0.4) is 0 Å². The van der Waals surface area contributed by atoms with Crippen LogP contribution < -0.4 is 0 Å². The summed E-state index contributed by atoms with van der Waals surface area (Å²) in [7, 11) is 0. The maximum absolute atomic E-state index is 12.1. The van der Waals surface area contributed by atoms with Gasteiger partial charge >= 0.3 is 0 Å². The third-order valence-electron chi connectivity index (χ3n) is 4.43. The Morgan fingerprint density at radius 3 is 2.81 bits per heavy atom. The van der Waals surface area contributed by atoms with Gasteiger partial charge in [0.25, 0.3) is 0 Å². The Balaban J connectivity index is 1.94. The van der Waals surface area contributed by atoms with Crippen molar-refractivity contribution in [2.45, 2.75) is 39.5 Å². The Morgan fingerprint density at radius 2 is 2.00 bits per heavy atom. The average Bonchev–Trinajstić information content (AvgIpc) is 2.71. The third kappa shape index (κ3) is 2.65. The number of rotatable bonds is 2. The van der Waals surface area contributed by atoms with Crippen molar-refractivity contribution >= 4 is 16.8 Å². The molecule has 1 aromatic carbocycles. The molecule has 1 aliphatic rings. The minimum absolute atomic E-state index is 0.285. The summed E-state index contributed by atoms with van der Waals surface area (Å²) in [6, 6.07) is 8.32. The van der Waals surface area contributed by atoms with Gasteiger partial charge in [-0.05, 0) is 37.0 Å². The van der Waals surface area contributed by atoms with E-state index in [9.17, 15) is 4.79 Å². The van der Waals surface area contributed by atoms with Gasteiger partial charge in [-0.1, -0.05) is 25.1 Å². The summed E-state index contributed by atoms with van der Waals surface area (Å²) in [5.74, 6) is 0.285. The first kappa shape index (κ1) is 14.1. The van der Waals surface area contributed by atoms with Gasteiger partial charge in [0, 0.05) is 37.0 Å². The first-order chi connectivity index (χ1) is 10.2. The summed E-state index contributed by atoms with van der Waals surface area (Å²) in [6.07, 6.45) is 3.37. The van der Waals surface area contributed by atoms with Crippen LogP contribution in [0.25, 0.3) is 10.9 Å². The molecule has 3 nitrogen and oxygen atoms in total. The molecule has 3 rings (SSSR count). The summed E-state index contributed by atoms with van der Waals surface area (Å²) in [6.45, 7) is 5.87. The summed E-state index contributed by atoms with van der Waals surface area (Å²) in [5, 5.41) is 1.24. The lowest BCUT2D eigenvalue weighted by Gasteiger charge is -2.19. The van der Waals surface area contributed by atoms with Crippen LogP contribution in [0.4, 0.5) is 0 Å². The Bertz CT molecular complexity index is 678. The molecule has 0 atom stereocenters. The van der Waals surface area contributed by atoms with Gasteiger partial charge in [0.1, 0.15) is 0 Å². The normalized spacial score (nSPS) is 14.9. The van der Waals surface area contributed by atoms with Gasteiger partial charge in [0.15, 0.2) is 0 Å². The molecular weight excluding hydrogens is 260 g/mol. The molecule has 21 heavy (non-hydrogen) atoms. The first-order valence-electron chi connectivity index (χ1n) is 7.85. The van der Waals surface area contributed by atoms with Crippen LogP contribution in [0.1, 0.15) is 36.6 Å². The van der Waals surface area contributed by atoms with E-state index in [1.54, 1.807) is 0 Å². The zero-order valence-corrected chi connectivity index (χ0v) is 12.9. The lowest BCUT2D eigenvalue weighted by atomic mass is 9.99. The molecule has 0 unspecified atom stereocenters. The van der Waals surface area contributed by atoms with Crippen LogP contribution in [0.2, 0.25) is 0 Å². The van der Waals surface area contributed by atoms with Crippen LogP contribution >= 0.6 is 0 Å². The van der Waals surface area contributed by atoms with E-state index in [1.807, 2.05) is 11.0 Å². The lowest BCUT2D eigenvalue weighted by molar-refractivity contribution is -0.131. The van der Waals surface area contributed by atoms with E-state index < -0.39 is 0 Å². The second kappa shape index (κ2) is 5.84. The highest BCUT2D eigenvalue weighted by molar-refractivity contribution is 5.83. The molecule has 1 amide bonds. The molecule has 3 heteroatoms. The second-order valence-corrected chi connectivity index (χ2v) is 5.81. The Labute approximate surface area is 126 Å². The molecule has 1 aliphatic heterocycles. The van der Waals surface area contributed by atoms with Crippen LogP contribution in [-0.4, -0.2) is 28.9 Å². The number of benzene rings is 1. The largest absolute Gasteiger partial charge is 0.342 e. The number of hydrogen-bond acceptors (Lipinski definition) is 2. The molecule has 0 fully saturated rings. The van der Waals surface area contributed by atoms with E-state index in [2.05, 4.69) is 32.0 Å². The molecular formula is C18H22N2O. The molecule has 1 aromatic heterocycles. The number of nitrogens with zero attached hydrogens (tertiary/aromatic N) is 2. The summed E-state index contributed by atoms with van der Waals surface area (Å²) < 4.78 is 0. The molecule has 0 spiro atoms. The molecule has 110 valence electrons. The maximum Gasteiger partial charge on any atom is 0.222 e. The Hall–Kier alpha value is -1.90. The average molecular weight is 282 g/mol. The fraction of sp³-hybridized carbons (Fsp3) is 0.444. The highest BCUT2D eigenvalue weighted by Crippen LogP contribution is 2.25. The van der Waals surface area contributed by atoms with Crippen molar-refractivity contribution in [2.75, 3.05) is 13.1 Å². The van der Waals surface area contributed by atoms with E-state index in [-0.39, 0.29) is 5.91 Å². The van der Waals surface area contributed by atoms with Crippen molar-refractivity contribution in [3.05, 3.63) is 41.1 Å². The smallest absolute Gasteiger partial charge is 0.222 e. The number of amides is 1. The van der Waals surface area contributed by atoms with Crippen LogP contribution in [-0.2, 0) is 17.6 Å². The van der Waals surface area contributed by atoms with Crippen molar-refractivity contribution in [3.63, 3.8) is 0 Å². The van der Waals surface area contributed by atoms with Gasteiger partial charge in [-0.25, -0.2) is 0 Å². The van der Waals surface area contributed by atoms with Crippen LogP contribution in [0.5, 0.6) is 0 Å². The van der Waals surface area contributed by atoms with Gasteiger partial charge in [0.2, 0.25) is 5.91 Å². The van der Waals surface area contributed by atoms with Crippen LogP contribution in [0, 0.1) is 6.92 Å². The van der Waals surface area contributed by atoms with E-state index >= 15 is 0 Å². The minimum Gasteiger partial charge on any atom is -0.342 e. The number of aryl methyl sites for hydroxylation is 1. The molecule has 2 aromatic rings. The lowest BCUT2D eigenvalue weighted by Crippen LogP contribution is -2.32. The first-order valence-corrected chi connectivity index (χ1v) is 7.85. The standard InChI is InChI=1S/C18H22N2O/c1-3-6-18(21)20-11-9-15-13(2)14-7-4-5-8-16(14)19-17(15)10-12-20/h4-5,7-8H,3,6,9-12H2,1-2H3. The van der Waals surface area contributed by atoms with Gasteiger partial charge in [-0.3, -0.25) is 9.78 Å².